The summed E-state index contributed by atoms with van der Waals surface area (Å²) >= 11 is 0. The highest BCUT2D eigenvalue weighted by Crippen LogP contribution is 2.47. The van der Waals surface area contributed by atoms with Crippen molar-refractivity contribution >= 4 is 0 Å². The molecule has 4 atom stereocenters. The highest BCUT2D eigenvalue weighted by Gasteiger charge is 2.49. The summed E-state index contributed by atoms with van der Waals surface area (Å²) in [5.41, 5.74) is -0.0600. The molecule has 0 amide bonds. The SMILES string of the molecule is CC(C)(C)O[C@@H]1[C@H]2CC[C@@H]1[C@@H](O)C2. The van der Waals surface area contributed by atoms with Gasteiger partial charge in [-0.25, -0.2) is 0 Å². The van der Waals surface area contributed by atoms with E-state index < -0.39 is 0 Å². The molecule has 0 radical (unpaired) electrons. The van der Waals surface area contributed by atoms with Gasteiger partial charge in [-0.2, -0.15) is 0 Å². The zero-order valence-corrected chi connectivity index (χ0v) is 8.79. The van der Waals surface area contributed by atoms with Crippen LogP contribution in [0.4, 0.5) is 0 Å². The van der Waals surface area contributed by atoms with Gasteiger partial charge in [0.05, 0.1) is 17.8 Å². The Hall–Kier alpha value is -0.0800. The Morgan fingerprint density at radius 3 is 2.31 bits per heavy atom. The molecule has 0 aromatic heterocycles. The third-order valence-corrected chi connectivity index (χ3v) is 3.29. The van der Waals surface area contributed by atoms with Crippen molar-refractivity contribution in [2.24, 2.45) is 11.8 Å². The van der Waals surface area contributed by atoms with Crippen LogP contribution in [-0.2, 0) is 4.74 Å². The first-order valence-electron chi connectivity index (χ1n) is 5.33. The van der Waals surface area contributed by atoms with Crippen molar-refractivity contribution in [3.63, 3.8) is 0 Å². The van der Waals surface area contributed by atoms with Crippen LogP contribution in [0.2, 0.25) is 0 Å². The molecule has 2 bridgehead atoms. The Balaban J connectivity index is 2.02. The molecule has 0 aliphatic heterocycles. The average Bonchev–Trinajstić information content (AvgIpc) is 2.42. The fraction of sp³-hybridized carbons (Fsp3) is 1.00. The number of ether oxygens (including phenoxy) is 1. The van der Waals surface area contributed by atoms with Gasteiger partial charge in [-0.05, 0) is 46.0 Å². The molecule has 0 aromatic rings. The Labute approximate surface area is 80.3 Å². The van der Waals surface area contributed by atoms with E-state index in [2.05, 4.69) is 20.8 Å². The van der Waals surface area contributed by atoms with E-state index in [0.717, 1.165) is 12.8 Å². The number of hydrogen-bond donors (Lipinski definition) is 1. The zero-order chi connectivity index (χ0) is 9.64. The van der Waals surface area contributed by atoms with E-state index >= 15 is 0 Å². The summed E-state index contributed by atoms with van der Waals surface area (Å²) in [5, 5.41) is 9.71. The molecule has 2 rings (SSSR count). The smallest absolute Gasteiger partial charge is 0.0664 e. The van der Waals surface area contributed by atoms with Crippen LogP contribution in [0.25, 0.3) is 0 Å². The van der Waals surface area contributed by atoms with Crippen molar-refractivity contribution < 1.29 is 9.84 Å². The van der Waals surface area contributed by atoms with Gasteiger partial charge in [0.1, 0.15) is 0 Å². The molecule has 0 spiro atoms. The lowest BCUT2D eigenvalue weighted by Gasteiger charge is -2.27. The fourth-order valence-corrected chi connectivity index (χ4v) is 2.82. The van der Waals surface area contributed by atoms with E-state index in [1.165, 1.54) is 6.42 Å². The maximum Gasteiger partial charge on any atom is 0.0664 e. The van der Waals surface area contributed by atoms with Crippen LogP contribution in [0.3, 0.4) is 0 Å². The summed E-state index contributed by atoms with van der Waals surface area (Å²) < 4.78 is 6.00. The van der Waals surface area contributed by atoms with E-state index in [-0.39, 0.29) is 11.7 Å². The third kappa shape index (κ3) is 1.75. The van der Waals surface area contributed by atoms with Crippen molar-refractivity contribution in [3.8, 4) is 0 Å². The maximum atomic E-state index is 9.71. The molecule has 0 heterocycles. The van der Waals surface area contributed by atoms with Crippen molar-refractivity contribution in [1.29, 1.82) is 0 Å². The van der Waals surface area contributed by atoms with E-state index in [1.54, 1.807) is 0 Å². The molecule has 0 unspecified atom stereocenters. The van der Waals surface area contributed by atoms with Gasteiger partial charge in [0.15, 0.2) is 0 Å². The van der Waals surface area contributed by atoms with Gasteiger partial charge >= 0.3 is 0 Å². The van der Waals surface area contributed by atoms with E-state index in [0.29, 0.717) is 17.9 Å². The Morgan fingerprint density at radius 1 is 1.23 bits per heavy atom. The lowest BCUT2D eigenvalue weighted by atomic mass is 9.98. The normalized spacial score (nSPS) is 44.3. The molecule has 2 fully saturated rings. The number of aliphatic hydroxyl groups excluding tert-OH is 1. The number of hydrogen-bond acceptors (Lipinski definition) is 2. The van der Waals surface area contributed by atoms with Crippen LogP contribution in [0.5, 0.6) is 0 Å². The molecule has 2 aliphatic rings. The van der Waals surface area contributed by atoms with Gasteiger partial charge < -0.3 is 9.84 Å². The summed E-state index contributed by atoms with van der Waals surface area (Å²) in [5.74, 6) is 1.04. The zero-order valence-electron chi connectivity index (χ0n) is 8.79. The summed E-state index contributed by atoms with van der Waals surface area (Å²) in [6.45, 7) is 6.28. The Bertz CT molecular complexity index is 195. The minimum absolute atomic E-state index is 0.0600. The van der Waals surface area contributed by atoms with Crippen molar-refractivity contribution in [1.82, 2.24) is 0 Å². The van der Waals surface area contributed by atoms with Crippen LogP contribution in [-0.4, -0.2) is 22.9 Å². The lowest BCUT2D eigenvalue weighted by Crippen LogP contribution is -2.31. The van der Waals surface area contributed by atoms with Crippen molar-refractivity contribution in [2.45, 2.75) is 57.8 Å². The highest BCUT2D eigenvalue weighted by molar-refractivity contribution is 4.98. The largest absolute Gasteiger partial charge is 0.393 e. The van der Waals surface area contributed by atoms with Gasteiger partial charge in [-0.3, -0.25) is 0 Å². The van der Waals surface area contributed by atoms with E-state index in [9.17, 15) is 5.11 Å². The average molecular weight is 184 g/mol. The minimum Gasteiger partial charge on any atom is -0.393 e. The number of aliphatic hydroxyl groups is 1. The molecule has 2 nitrogen and oxygen atoms in total. The van der Waals surface area contributed by atoms with Crippen molar-refractivity contribution in [3.05, 3.63) is 0 Å². The van der Waals surface area contributed by atoms with Crippen LogP contribution < -0.4 is 0 Å². The van der Waals surface area contributed by atoms with Crippen LogP contribution in [0.15, 0.2) is 0 Å². The predicted molar refractivity (Wildman–Crippen MR) is 51.5 cm³/mol. The second kappa shape index (κ2) is 2.96. The molecular formula is C11H20O2. The molecule has 2 aliphatic carbocycles. The quantitative estimate of drug-likeness (QED) is 0.675. The molecule has 13 heavy (non-hydrogen) atoms. The highest BCUT2D eigenvalue weighted by atomic mass is 16.5. The topological polar surface area (TPSA) is 29.5 Å². The minimum atomic E-state index is -0.0916. The maximum absolute atomic E-state index is 9.71. The number of fused-ring (bicyclic) bond motifs is 2. The second-order valence-corrected chi connectivity index (χ2v) is 5.50. The second-order valence-electron chi connectivity index (χ2n) is 5.50. The monoisotopic (exact) mass is 184 g/mol. The van der Waals surface area contributed by atoms with E-state index in [1.807, 2.05) is 0 Å². The third-order valence-electron chi connectivity index (χ3n) is 3.29. The van der Waals surface area contributed by atoms with Gasteiger partial charge in [0.25, 0.3) is 0 Å². The summed E-state index contributed by atoms with van der Waals surface area (Å²) in [6, 6.07) is 0. The molecule has 76 valence electrons. The van der Waals surface area contributed by atoms with Gasteiger partial charge in [0, 0.05) is 5.92 Å². The Kier molecular flexibility index (Phi) is 2.16. The van der Waals surface area contributed by atoms with Crippen LogP contribution in [0, 0.1) is 11.8 Å². The van der Waals surface area contributed by atoms with Gasteiger partial charge in [-0.15, -0.1) is 0 Å². The standard InChI is InChI=1S/C11H20O2/c1-11(2,3)13-10-7-4-5-8(10)9(12)6-7/h7-10,12H,4-6H2,1-3H3/t7-,8+,9-,10+/m0/s1. The predicted octanol–water partition coefficient (Wildman–Crippen LogP) is 1.96. The molecule has 0 aromatic carbocycles. The molecular weight excluding hydrogens is 164 g/mol. The summed E-state index contributed by atoms with van der Waals surface area (Å²) in [7, 11) is 0. The first kappa shape index (κ1) is 9.47. The van der Waals surface area contributed by atoms with Crippen LogP contribution in [0.1, 0.15) is 40.0 Å². The van der Waals surface area contributed by atoms with Crippen LogP contribution >= 0.6 is 0 Å². The Morgan fingerprint density at radius 2 is 1.92 bits per heavy atom. The first-order valence-corrected chi connectivity index (χ1v) is 5.33. The van der Waals surface area contributed by atoms with Gasteiger partial charge in [-0.1, -0.05) is 0 Å². The molecule has 1 N–H and O–H groups in total. The lowest BCUT2D eigenvalue weighted by molar-refractivity contribution is -0.0850. The fourth-order valence-electron chi connectivity index (χ4n) is 2.82. The molecule has 2 heteroatoms. The number of rotatable bonds is 1. The van der Waals surface area contributed by atoms with E-state index in [4.69, 9.17) is 4.74 Å². The summed E-state index contributed by atoms with van der Waals surface area (Å²) in [4.78, 5) is 0. The summed E-state index contributed by atoms with van der Waals surface area (Å²) in [6.07, 6.45) is 3.61. The van der Waals surface area contributed by atoms with Crippen molar-refractivity contribution in [2.75, 3.05) is 0 Å². The van der Waals surface area contributed by atoms with Gasteiger partial charge in [0.2, 0.25) is 0 Å². The molecule has 2 saturated carbocycles. The first-order chi connectivity index (χ1) is 5.97. The molecule has 0 saturated heterocycles.